The minimum atomic E-state index is 0.226. The van der Waals surface area contributed by atoms with E-state index in [4.69, 9.17) is 0 Å². The molecule has 1 atom stereocenters. The molecule has 2 heterocycles. The largest absolute Gasteiger partial charge is 0.339 e. The molecule has 2 saturated heterocycles. The molecule has 0 aromatic rings. The fraction of sp³-hybridized carbons (Fsp3) is 0.857. The second-order valence-corrected chi connectivity index (χ2v) is 5.86. The van der Waals surface area contributed by atoms with E-state index in [-0.39, 0.29) is 17.7 Å². The molecule has 2 aliphatic rings. The molecule has 0 aliphatic carbocycles. The molecule has 5 nitrogen and oxygen atoms in total. The van der Waals surface area contributed by atoms with E-state index < -0.39 is 0 Å². The smallest absolute Gasteiger partial charge is 0.236 e. The molecule has 0 N–H and O–H groups in total. The van der Waals surface area contributed by atoms with Crippen LogP contribution >= 0.6 is 0 Å². The van der Waals surface area contributed by atoms with E-state index in [0.29, 0.717) is 13.0 Å². The summed E-state index contributed by atoms with van der Waals surface area (Å²) >= 11 is 0. The average molecular weight is 267 g/mol. The number of likely N-dealkylation sites (N-methyl/N-ethyl adjacent to an activating group) is 1. The number of likely N-dealkylation sites (tertiary alicyclic amines) is 1. The average Bonchev–Trinajstić information content (AvgIpc) is 2.76. The van der Waals surface area contributed by atoms with Crippen LogP contribution in [0.1, 0.15) is 26.2 Å². The summed E-state index contributed by atoms with van der Waals surface area (Å²) in [5.41, 5.74) is 0. The Morgan fingerprint density at radius 2 is 1.79 bits per heavy atom. The Bertz CT molecular complexity index is 338. The maximum absolute atomic E-state index is 12.3. The SMILES string of the molecule is CC(=O)CC1CCCN1CC(=O)N1CCN(C)CC1. The fourth-order valence-electron chi connectivity index (χ4n) is 3.00. The quantitative estimate of drug-likeness (QED) is 0.730. The summed E-state index contributed by atoms with van der Waals surface area (Å²) in [6.07, 6.45) is 2.75. The number of ketones is 1. The number of amides is 1. The first-order valence-electron chi connectivity index (χ1n) is 7.26. The lowest BCUT2D eigenvalue weighted by atomic mass is 10.1. The van der Waals surface area contributed by atoms with E-state index in [0.717, 1.165) is 45.6 Å². The first-order chi connectivity index (χ1) is 9.06. The van der Waals surface area contributed by atoms with Gasteiger partial charge in [0.2, 0.25) is 5.91 Å². The van der Waals surface area contributed by atoms with E-state index in [2.05, 4.69) is 16.8 Å². The first-order valence-corrected chi connectivity index (χ1v) is 7.26. The fourth-order valence-corrected chi connectivity index (χ4v) is 3.00. The Morgan fingerprint density at radius 1 is 1.11 bits per heavy atom. The predicted octanol–water partition coefficient (Wildman–Crippen LogP) is 0.204. The maximum atomic E-state index is 12.3. The zero-order valence-corrected chi connectivity index (χ0v) is 12.1. The normalized spacial score (nSPS) is 25.8. The van der Waals surface area contributed by atoms with Crippen molar-refractivity contribution in [3.05, 3.63) is 0 Å². The van der Waals surface area contributed by atoms with Crippen LogP contribution in [-0.4, -0.2) is 78.7 Å². The number of hydrogen-bond donors (Lipinski definition) is 0. The third kappa shape index (κ3) is 4.01. The second-order valence-electron chi connectivity index (χ2n) is 5.86. The van der Waals surface area contributed by atoms with Crippen LogP contribution < -0.4 is 0 Å². The lowest BCUT2D eigenvalue weighted by Crippen LogP contribution is -2.50. The van der Waals surface area contributed by atoms with E-state index >= 15 is 0 Å². The van der Waals surface area contributed by atoms with Crippen molar-refractivity contribution in [2.75, 3.05) is 46.3 Å². The molecule has 0 aromatic carbocycles. The molecular formula is C14H25N3O2. The van der Waals surface area contributed by atoms with Crippen LogP contribution in [0.5, 0.6) is 0 Å². The van der Waals surface area contributed by atoms with Crippen molar-refractivity contribution in [1.29, 1.82) is 0 Å². The van der Waals surface area contributed by atoms with Gasteiger partial charge in [-0.25, -0.2) is 0 Å². The van der Waals surface area contributed by atoms with Gasteiger partial charge in [-0.3, -0.25) is 14.5 Å². The van der Waals surface area contributed by atoms with Crippen LogP contribution in [0.3, 0.4) is 0 Å². The van der Waals surface area contributed by atoms with Crippen molar-refractivity contribution in [1.82, 2.24) is 14.7 Å². The summed E-state index contributed by atoms with van der Waals surface area (Å²) in [5, 5.41) is 0. The number of hydrogen-bond acceptors (Lipinski definition) is 4. The zero-order valence-electron chi connectivity index (χ0n) is 12.1. The molecule has 1 amide bonds. The topological polar surface area (TPSA) is 43.9 Å². The van der Waals surface area contributed by atoms with Crippen molar-refractivity contribution >= 4 is 11.7 Å². The van der Waals surface area contributed by atoms with Gasteiger partial charge in [0.1, 0.15) is 5.78 Å². The molecule has 2 aliphatic heterocycles. The van der Waals surface area contributed by atoms with Gasteiger partial charge in [0, 0.05) is 38.6 Å². The molecule has 1 unspecified atom stereocenters. The third-order valence-corrected chi connectivity index (χ3v) is 4.22. The molecule has 5 heteroatoms. The van der Waals surface area contributed by atoms with Gasteiger partial charge in [0.15, 0.2) is 0 Å². The second kappa shape index (κ2) is 6.48. The number of rotatable bonds is 4. The summed E-state index contributed by atoms with van der Waals surface area (Å²) in [4.78, 5) is 29.9. The van der Waals surface area contributed by atoms with Crippen molar-refractivity contribution in [2.24, 2.45) is 0 Å². The summed E-state index contributed by atoms with van der Waals surface area (Å²) in [7, 11) is 2.09. The molecule has 0 bridgehead atoms. The highest BCUT2D eigenvalue weighted by molar-refractivity contribution is 5.79. The Morgan fingerprint density at radius 3 is 2.42 bits per heavy atom. The van der Waals surface area contributed by atoms with Crippen LogP contribution in [0.25, 0.3) is 0 Å². The summed E-state index contributed by atoms with van der Waals surface area (Å²) < 4.78 is 0. The van der Waals surface area contributed by atoms with Gasteiger partial charge >= 0.3 is 0 Å². The number of piperazine rings is 1. The van der Waals surface area contributed by atoms with Gasteiger partial charge < -0.3 is 9.80 Å². The van der Waals surface area contributed by atoms with Gasteiger partial charge in [-0.05, 0) is 33.4 Å². The molecule has 0 saturated carbocycles. The predicted molar refractivity (Wildman–Crippen MR) is 74.0 cm³/mol. The molecule has 0 radical (unpaired) electrons. The lowest BCUT2D eigenvalue weighted by Gasteiger charge is -2.34. The molecule has 19 heavy (non-hydrogen) atoms. The third-order valence-electron chi connectivity index (χ3n) is 4.22. The van der Waals surface area contributed by atoms with Crippen LogP contribution in [0.4, 0.5) is 0 Å². The van der Waals surface area contributed by atoms with Gasteiger partial charge in [-0.2, -0.15) is 0 Å². The number of carbonyl (C=O) groups is 2. The van der Waals surface area contributed by atoms with Crippen molar-refractivity contribution in [3.8, 4) is 0 Å². The highest BCUT2D eigenvalue weighted by Gasteiger charge is 2.29. The standard InChI is InChI=1S/C14H25N3O2/c1-12(18)10-13-4-3-5-17(13)11-14(19)16-8-6-15(2)7-9-16/h13H,3-11H2,1-2H3. The van der Waals surface area contributed by atoms with Crippen molar-refractivity contribution in [3.63, 3.8) is 0 Å². The summed E-state index contributed by atoms with van der Waals surface area (Å²) in [6.45, 7) is 6.67. The number of nitrogens with zero attached hydrogens (tertiary/aromatic N) is 3. The van der Waals surface area contributed by atoms with Crippen molar-refractivity contribution < 1.29 is 9.59 Å². The summed E-state index contributed by atoms with van der Waals surface area (Å²) in [5.74, 6) is 0.451. The van der Waals surface area contributed by atoms with Crippen LogP contribution in [0, 0.1) is 0 Å². The highest BCUT2D eigenvalue weighted by Crippen LogP contribution is 2.20. The molecular weight excluding hydrogens is 242 g/mol. The zero-order chi connectivity index (χ0) is 13.8. The van der Waals surface area contributed by atoms with Crippen LogP contribution in [0.15, 0.2) is 0 Å². The molecule has 0 aromatic heterocycles. The Balaban J connectivity index is 1.82. The van der Waals surface area contributed by atoms with Crippen LogP contribution in [0.2, 0.25) is 0 Å². The first kappa shape index (κ1) is 14.5. The van der Waals surface area contributed by atoms with Gasteiger partial charge in [0.25, 0.3) is 0 Å². The van der Waals surface area contributed by atoms with Crippen LogP contribution in [-0.2, 0) is 9.59 Å². The maximum Gasteiger partial charge on any atom is 0.236 e. The highest BCUT2D eigenvalue weighted by atomic mass is 16.2. The number of Topliss-reactive ketones (excluding diaryl/α,β-unsaturated/α-hetero) is 1. The van der Waals surface area contributed by atoms with Gasteiger partial charge in [0.05, 0.1) is 6.54 Å². The Labute approximate surface area is 115 Å². The van der Waals surface area contributed by atoms with E-state index in [9.17, 15) is 9.59 Å². The minimum Gasteiger partial charge on any atom is -0.339 e. The Hall–Kier alpha value is -0.940. The van der Waals surface area contributed by atoms with Gasteiger partial charge in [-0.1, -0.05) is 0 Å². The molecule has 0 spiro atoms. The Kier molecular flexibility index (Phi) is 4.93. The molecule has 108 valence electrons. The van der Waals surface area contributed by atoms with Crippen molar-refractivity contribution in [2.45, 2.75) is 32.2 Å². The van der Waals surface area contributed by atoms with Gasteiger partial charge in [-0.15, -0.1) is 0 Å². The lowest BCUT2D eigenvalue weighted by molar-refractivity contribution is -0.134. The van der Waals surface area contributed by atoms with E-state index in [1.807, 2.05) is 4.90 Å². The summed E-state index contributed by atoms with van der Waals surface area (Å²) in [6, 6.07) is 0.286. The minimum absolute atomic E-state index is 0.226. The van der Waals surface area contributed by atoms with E-state index in [1.54, 1.807) is 6.92 Å². The number of carbonyl (C=O) groups excluding carboxylic acids is 2. The monoisotopic (exact) mass is 267 g/mol. The van der Waals surface area contributed by atoms with E-state index in [1.165, 1.54) is 0 Å². The molecule has 2 fully saturated rings. The molecule has 2 rings (SSSR count).